The molecular formula is C27H28Cl2F2N4O3. The van der Waals surface area contributed by atoms with Crippen LogP contribution in [0, 0.1) is 5.82 Å². The van der Waals surface area contributed by atoms with Crippen molar-refractivity contribution in [2.75, 3.05) is 25.1 Å². The Labute approximate surface area is 228 Å². The van der Waals surface area contributed by atoms with E-state index in [1.165, 1.54) is 13.3 Å². The molecule has 2 aliphatic rings. The number of carbonyl (C=O) groups is 1. The van der Waals surface area contributed by atoms with E-state index < -0.39 is 29.4 Å². The van der Waals surface area contributed by atoms with E-state index in [4.69, 9.17) is 27.9 Å². The number of nitrogens with zero attached hydrogens (tertiary/aromatic N) is 2. The Morgan fingerprint density at radius 1 is 1.21 bits per heavy atom. The summed E-state index contributed by atoms with van der Waals surface area (Å²) < 4.78 is 37.3. The number of fused-ring (bicyclic) bond motifs is 1. The minimum atomic E-state index is -1.15. The highest BCUT2D eigenvalue weighted by Crippen LogP contribution is 2.45. The van der Waals surface area contributed by atoms with Crippen molar-refractivity contribution in [3.8, 4) is 5.75 Å². The summed E-state index contributed by atoms with van der Waals surface area (Å²) in [5.74, 6) is -1.17. The van der Waals surface area contributed by atoms with E-state index in [1.807, 2.05) is 18.7 Å². The Balaban J connectivity index is 1.60. The lowest BCUT2D eigenvalue weighted by atomic mass is 10.1. The second kappa shape index (κ2) is 10.4. The molecule has 202 valence electrons. The second-order valence-corrected chi connectivity index (χ2v) is 10.9. The smallest absolute Gasteiger partial charge is 0.257 e. The fourth-order valence-electron chi connectivity index (χ4n) is 5.24. The van der Waals surface area contributed by atoms with Crippen molar-refractivity contribution in [2.45, 2.75) is 51.1 Å². The van der Waals surface area contributed by atoms with Crippen LogP contribution in [0.5, 0.6) is 5.75 Å². The van der Waals surface area contributed by atoms with Crippen molar-refractivity contribution in [1.82, 2.24) is 15.2 Å². The summed E-state index contributed by atoms with van der Waals surface area (Å²) in [4.78, 5) is 28.5. The van der Waals surface area contributed by atoms with Crippen LogP contribution in [0.25, 0.3) is 10.9 Å². The third-order valence-corrected chi connectivity index (χ3v) is 7.60. The standard InChI is InChI=1S/C27H28Cl2F2N4O3/c1-13-10-34(11-14(2)33-13)24-21(31)7-17-23(26(24)38-3)35(22-8-20(22)30)12-18(25(17)36)27(37)32-9-15-4-5-16(28)6-19(15)29/h4-7,12-14,20,22,33H,8-11H2,1-3H3,(H,32,37)/t13-,14+,20-,22+/m1/s1. The number of rotatable bonds is 6. The first kappa shape index (κ1) is 26.7. The lowest BCUT2D eigenvalue weighted by Crippen LogP contribution is -2.54. The summed E-state index contributed by atoms with van der Waals surface area (Å²) in [5.41, 5.74) is 0.209. The number of benzene rings is 2. The van der Waals surface area contributed by atoms with Gasteiger partial charge in [-0.05, 0) is 37.6 Å². The maximum atomic E-state index is 15.7. The third-order valence-electron chi connectivity index (χ3n) is 7.01. The first-order valence-corrected chi connectivity index (χ1v) is 13.2. The van der Waals surface area contributed by atoms with Crippen LogP contribution < -0.4 is 25.7 Å². The quantitative estimate of drug-likeness (QED) is 0.447. The van der Waals surface area contributed by atoms with Gasteiger partial charge in [0.2, 0.25) is 5.43 Å². The minimum Gasteiger partial charge on any atom is -0.492 e. The molecule has 1 aliphatic heterocycles. The maximum absolute atomic E-state index is 15.7. The molecule has 1 aliphatic carbocycles. The first-order valence-electron chi connectivity index (χ1n) is 12.4. The molecule has 1 saturated heterocycles. The van der Waals surface area contributed by atoms with Crippen LogP contribution in [0.15, 0.2) is 35.3 Å². The maximum Gasteiger partial charge on any atom is 0.257 e. The number of pyridine rings is 1. The second-order valence-electron chi connectivity index (χ2n) is 10.0. The number of hydrogen-bond acceptors (Lipinski definition) is 5. The van der Waals surface area contributed by atoms with Gasteiger partial charge in [0.05, 0.1) is 24.1 Å². The van der Waals surface area contributed by atoms with Crippen LogP contribution in [0.1, 0.15) is 42.2 Å². The molecule has 1 aromatic heterocycles. The predicted octanol–water partition coefficient (Wildman–Crippen LogP) is 4.86. The number of ether oxygens (including phenoxy) is 1. The van der Waals surface area contributed by atoms with E-state index >= 15 is 4.39 Å². The number of methoxy groups -OCH3 is 1. The topological polar surface area (TPSA) is 75.6 Å². The van der Waals surface area contributed by atoms with Gasteiger partial charge in [-0.25, -0.2) is 8.78 Å². The number of aromatic nitrogens is 1. The number of hydrogen-bond donors (Lipinski definition) is 2. The molecule has 4 atom stereocenters. The molecule has 2 heterocycles. The minimum absolute atomic E-state index is 0.0391. The van der Waals surface area contributed by atoms with Gasteiger partial charge in [0, 0.05) is 54.4 Å². The van der Waals surface area contributed by atoms with Gasteiger partial charge in [-0.3, -0.25) is 9.59 Å². The summed E-state index contributed by atoms with van der Waals surface area (Å²) in [5, 5.41) is 6.86. The van der Waals surface area contributed by atoms with E-state index in [0.717, 1.165) is 6.07 Å². The average Bonchev–Trinajstić information content (AvgIpc) is 3.58. The number of alkyl halides is 1. The molecule has 5 rings (SSSR count). The van der Waals surface area contributed by atoms with E-state index in [2.05, 4.69) is 10.6 Å². The number of piperazine rings is 1. The lowest BCUT2D eigenvalue weighted by Gasteiger charge is -2.38. The molecule has 0 spiro atoms. The first-order chi connectivity index (χ1) is 18.1. The number of carbonyl (C=O) groups excluding carboxylic acids is 1. The van der Waals surface area contributed by atoms with Gasteiger partial charge in [-0.2, -0.15) is 0 Å². The van der Waals surface area contributed by atoms with Crippen molar-refractivity contribution in [3.63, 3.8) is 0 Å². The number of anilines is 1. The van der Waals surface area contributed by atoms with Gasteiger partial charge < -0.3 is 24.8 Å². The monoisotopic (exact) mass is 564 g/mol. The molecule has 11 heteroatoms. The van der Waals surface area contributed by atoms with Gasteiger partial charge >= 0.3 is 0 Å². The van der Waals surface area contributed by atoms with Crippen molar-refractivity contribution < 1.29 is 18.3 Å². The third kappa shape index (κ3) is 4.95. The highest BCUT2D eigenvalue weighted by atomic mass is 35.5. The van der Waals surface area contributed by atoms with E-state index in [0.29, 0.717) is 28.7 Å². The van der Waals surface area contributed by atoms with Crippen molar-refractivity contribution in [2.24, 2.45) is 0 Å². The zero-order valence-corrected chi connectivity index (χ0v) is 22.7. The van der Waals surface area contributed by atoms with Crippen LogP contribution in [0.4, 0.5) is 14.5 Å². The van der Waals surface area contributed by atoms with Gasteiger partial charge in [-0.1, -0.05) is 29.3 Å². The zero-order chi connectivity index (χ0) is 27.3. The molecule has 2 aromatic carbocycles. The van der Waals surface area contributed by atoms with E-state index in [1.54, 1.807) is 22.8 Å². The Hall–Kier alpha value is -2.88. The van der Waals surface area contributed by atoms with Gasteiger partial charge in [0.1, 0.15) is 17.4 Å². The Kier molecular flexibility index (Phi) is 7.28. The van der Waals surface area contributed by atoms with Crippen LogP contribution >= 0.6 is 23.2 Å². The molecule has 0 radical (unpaired) electrons. The molecule has 1 amide bonds. The number of amides is 1. The van der Waals surface area contributed by atoms with Crippen LogP contribution in [-0.2, 0) is 6.54 Å². The Bertz CT molecular complexity index is 1470. The summed E-state index contributed by atoms with van der Waals surface area (Å²) in [6.45, 7) is 5.10. The lowest BCUT2D eigenvalue weighted by molar-refractivity contribution is 0.0949. The average molecular weight is 565 g/mol. The fourth-order valence-corrected chi connectivity index (χ4v) is 5.71. The van der Waals surface area contributed by atoms with Crippen molar-refractivity contribution in [1.29, 1.82) is 0 Å². The summed E-state index contributed by atoms with van der Waals surface area (Å²) >= 11 is 12.1. The van der Waals surface area contributed by atoms with Crippen LogP contribution in [0.3, 0.4) is 0 Å². The van der Waals surface area contributed by atoms with Gasteiger partial charge in [0.25, 0.3) is 5.91 Å². The normalized spacial score (nSPS) is 23.0. The molecule has 38 heavy (non-hydrogen) atoms. The summed E-state index contributed by atoms with van der Waals surface area (Å²) in [7, 11) is 1.40. The van der Waals surface area contributed by atoms with Crippen LogP contribution in [-0.4, -0.2) is 48.9 Å². The number of nitrogens with one attached hydrogen (secondary N) is 2. The van der Waals surface area contributed by atoms with E-state index in [-0.39, 0.29) is 53.0 Å². The Morgan fingerprint density at radius 2 is 1.89 bits per heavy atom. The van der Waals surface area contributed by atoms with Gasteiger partial charge in [-0.15, -0.1) is 0 Å². The Morgan fingerprint density at radius 3 is 2.50 bits per heavy atom. The zero-order valence-electron chi connectivity index (χ0n) is 21.2. The fraction of sp³-hybridized carbons (Fsp3) is 0.407. The molecule has 1 saturated carbocycles. The molecule has 0 bridgehead atoms. The largest absolute Gasteiger partial charge is 0.492 e. The molecule has 3 aromatic rings. The van der Waals surface area contributed by atoms with Crippen molar-refractivity contribution in [3.05, 3.63) is 67.7 Å². The molecule has 0 unspecified atom stereocenters. The SMILES string of the molecule is COc1c(N2C[C@@H](C)N[C@@H](C)C2)c(F)cc2c(=O)c(C(=O)NCc3ccc(Cl)cc3Cl)cn([C@H]3C[C@H]3F)c12. The summed E-state index contributed by atoms with van der Waals surface area (Å²) in [6, 6.07) is 5.59. The molecule has 2 N–H and O–H groups in total. The number of halogens is 4. The molecule has 2 fully saturated rings. The predicted molar refractivity (Wildman–Crippen MR) is 145 cm³/mol. The molecule has 7 nitrogen and oxygen atoms in total. The van der Waals surface area contributed by atoms with Crippen LogP contribution in [0.2, 0.25) is 10.0 Å². The van der Waals surface area contributed by atoms with E-state index in [9.17, 15) is 14.0 Å². The van der Waals surface area contributed by atoms with Gasteiger partial charge in [0.15, 0.2) is 11.6 Å². The van der Waals surface area contributed by atoms with Crippen molar-refractivity contribution >= 4 is 45.7 Å². The molecular weight excluding hydrogens is 537 g/mol. The highest BCUT2D eigenvalue weighted by Gasteiger charge is 2.41. The summed E-state index contributed by atoms with van der Waals surface area (Å²) in [6.07, 6.45) is 0.416. The highest BCUT2D eigenvalue weighted by molar-refractivity contribution is 6.35.